The first-order chi connectivity index (χ1) is 35.5. The highest BCUT2D eigenvalue weighted by Gasteiger charge is 2.37. The summed E-state index contributed by atoms with van der Waals surface area (Å²) < 4.78 is 0. The van der Waals surface area contributed by atoms with Crippen molar-refractivity contribution in [2.45, 2.75) is 171 Å². The highest BCUT2D eigenvalue weighted by molar-refractivity contribution is 5.98. The van der Waals surface area contributed by atoms with Crippen LogP contribution in [0.3, 0.4) is 0 Å². The van der Waals surface area contributed by atoms with Crippen LogP contribution >= 0.6 is 0 Å². The predicted octanol–water partition coefficient (Wildman–Crippen LogP) is -9.12. The molecule has 1 aliphatic heterocycles. The number of nitrogens with one attached hydrogen (secondary N) is 11. The number of hydrogen-bond donors (Lipinski definition) is 19. The maximum absolute atomic E-state index is 14.0. The van der Waals surface area contributed by atoms with Crippen molar-refractivity contribution in [2.24, 2.45) is 22.9 Å². The summed E-state index contributed by atoms with van der Waals surface area (Å²) in [7, 11) is 0. The Bertz CT molecular complexity index is 1900. The molecule has 0 unspecified atom stereocenters. The number of nitrogens with two attached hydrogens (primary N) is 4. The van der Waals surface area contributed by atoms with Crippen LogP contribution in [0, 0.1) is 0 Å². The monoisotopic (exact) mass is 1070 g/mol. The van der Waals surface area contributed by atoms with Crippen molar-refractivity contribution in [3.63, 3.8) is 0 Å². The van der Waals surface area contributed by atoms with E-state index in [4.69, 9.17) is 22.9 Å². The van der Waals surface area contributed by atoms with Gasteiger partial charge < -0.3 is 102 Å². The summed E-state index contributed by atoms with van der Waals surface area (Å²) >= 11 is 0. The van der Waals surface area contributed by atoms with E-state index >= 15 is 0 Å². The van der Waals surface area contributed by atoms with Gasteiger partial charge in [-0.25, -0.2) is 0 Å². The lowest BCUT2D eigenvalue weighted by Crippen LogP contribution is -2.62. The van der Waals surface area contributed by atoms with Crippen molar-refractivity contribution in [2.75, 3.05) is 45.9 Å². The summed E-state index contributed by atoms with van der Waals surface area (Å²) in [5, 5.41) is 67.7. The van der Waals surface area contributed by atoms with Crippen LogP contribution in [0.2, 0.25) is 0 Å². The number of aliphatic hydroxyl groups is 4. The molecule has 30 nitrogen and oxygen atoms in total. The van der Waals surface area contributed by atoms with Gasteiger partial charge in [0.1, 0.15) is 54.4 Å². The van der Waals surface area contributed by atoms with E-state index < -0.39 is 164 Å². The molecule has 1 rings (SSSR count). The van der Waals surface area contributed by atoms with E-state index in [1.54, 1.807) is 0 Å². The minimum atomic E-state index is -1.89. The predicted molar refractivity (Wildman–Crippen MR) is 268 cm³/mol. The standard InChI is InChI=1S/C45H83N15O15/c1-5-6-7-8-9-10-32(65)52-27(12-17-47)40(70)60-36(25(4)64)45(75)57-31(22-61)42(72)55-30-15-20-50-43(73)34(23(2)62)59-41(71)29(14-19-49)54-38(68)28(13-18-48)56-44(74)35(24(3)63)58-33(66)21-51-37(67)26(11-16-46)53-39(30)69/h23-31,34-36,61-64H,5-22,46-49H2,1-4H3,(H,50,73)(H,51,67)(H,52,65)(H,53,69)(H,54,68)(H,55,72)(H,56,74)(H,57,75)(H,58,66)(H,59,71)(H,60,70)/t23-,24-,25-,26+,27+,28+,29+,30+,31+,34+,35+,36+/m1/s1. The summed E-state index contributed by atoms with van der Waals surface area (Å²) in [6, 6.07) is -14.5. The highest BCUT2D eigenvalue weighted by atomic mass is 16.3. The van der Waals surface area contributed by atoms with Crippen molar-refractivity contribution in [1.29, 1.82) is 0 Å². The molecule has 0 aliphatic carbocycles. The second-order valence-corrected chi connectivity index (χ2v) is 18.1. The van der Waals surface area contributed by atoms with E-state index in [9.17, 15) is 73.2 Å². The molecule has 0 aromatic rings. The van der Waals surface area contributed by atoms with Crippen LogP contribution in [-0.2, 0) is 52.7 Å². The van der Waals surface area contributed by atoms with Gasteiger partial charge in [0.2, 0.25) is 65.0 Å². The molecule has 12 atom stereocenters. The van der Waals surface area contributed by atoms with Crippen molar-refractivity contribution >= 4 is 65.0 Å². The third-order valence-corrected chi connectivity index (χ3v) is 11.7. The van der Waals surface area contributed by atoms with Gasteiger partial charge in [-0.1, -0.05) is 32.6 Å². The minimum Gasteiger partial charge on any atom is -0.394 e. The summed E-state index contributed by atoms with van der Waals surface area (Å²) in [6.45, 7) is 2.41. The Kier molecular flexibility index (Phi) is 32.0. The van der Waals surface area contributed by atoms with Crippen LogP contribution < -0.4 is 81.4 Å². The molecular weight excluding hydrogens is 991 g/mol. The molecule has 75 heavy (non-hydrogen) atoms. The highest BCUT2D eigenvalue weighted by Crippen LogP contribution is 2.08. The van der Waals surface area contributed by atoms with Crippen LogP contribution in [-0.4, -0.2) is 204 Å². The molecule has 1 heterocycles. The van der Waals surface area contributed by atoms with Crippen molar-refractivity contribution in [3.05, 3.63) is 0 Å². The summed E-state index contributed by atoms with van der Waals surface area (Å²) in [5.74, 6) is -10.9. The number of hydrogen-bond acceptors (Lipinski definition) is 19. The molecule has 11 amide bonds. The quantitative estimate of drug-likeness (QED) is 0.0378. The lowest BCUT2D eigenvalue weighted by atomic mass is 10.1. The van der Waals surface area contributed by atoms with Crippen molar-refractivity contribution < 1.29 is 73.2 Å². The zero-order chi connectivity index (χ0) is 56.8. The van der Waals surface area contributed by atoms with E-state index in [2.05, 4.69) is 58.5 Å². The second-order valence-electron chi connectivity index (χ2n) is 18.1. The molecule has 0 spiro atoms. The number of unbranched alkanes of at least 4 members (excludes halogenated alkanes) is 4. The number of rotatable bonds is 25. The number of carbonyl (C=O) groups is 11. The van der Waals surface area contributed by atoms with Crippen LogP contribution in [0.25, 0.3) is 0 Å². The Labute approximate surface area is 435 Å². The molecular formula is C45H83N15O15. The van der Waals surface area contributed by atoms with E-state index in [-0.39, 0.29) is 58.3 Å². The van der Waals surface area contributed by atoms with Gasteiger partial charge in [0.05, 0.1) is 31.5 Å². The minimum absolute atomic E-state index is 0.0414. The van der Waals surface area contributed by atoms with Crippen LogP contribution in [0.4, 0.5) is 0 Å². The Hall–Kier alpha value is -6.15. The third-order valence-electron chi connectivity index (χ3n) is 11.7. The van der Waals surface area contributed by atoms with E-state index in [0.717, 1.165) is 46.5 Å². The molecule has 0 saturated carbocycles. The van der Waals surface area contributed by atoms with Crippen LogP contribution in [0.1, 0.15) is 98.3 Å². The topological polar surface area (TPSA) is 505 Å². The maximum atomic E-state index is 14.0. The normalized spacial score (nSPS) is 23.3. The molecule has 30 heteroatoms. The van der Waals surface area contributed by atoms with Gasteiger partial charge in [0.15, 0.2) is 0 Å². The fourth-order valence-corrected chi connectivity index (χ4v) is 7.39. The van der Waals surface area contributed by atoms with Crippen molar-refractivity contribution in [3.8, 4) is 0 Å². The lowest BCUT2D eigenvalue weighted by Gasteiger charge is -2.28. The molecule has 23 N–H and O–H groups in total. The number of amides is 11. The molecule has 1 saturated heterocycles. The Balaban J connectivity index is 3.59. The fraction of sp³-hybridized carbons (Fsp3) is 0.756. The van der Waals surface area contributed by atoms with Crippen molar-refractivity contribution in [1.82, 2.24) is 58.5 Å². The average Bonchev–Trinajstić information content (AvgIpc) is 3.35. The SMILES string of the molecule is CCCCCCCC(=O)N[C@@H](CCN)C(=O)N[C@H](C(=O)N[C@@H](CO)C(=O)N[C@H]1CCNC(=O)[C@H]([C@@H](C)O)NC(=O)[C@H](CCN)NC(=O)[C@H](CCN)NC(=O)[C@H]([C@@H](C)O)NC(=O)CNC(=O)[C@H](CCN)NC1=O)[C@@H](C)O. The van der Waals surface area contributed by atoms with Gasteiger partial charge in [-0.2, -0.15) is 0 Å². The van der Waals surface area contributed by atoms with Gasteiger partial charge in [-0.05, 0) is 85.5 Å². The van der Waals surface area contributed by atoms with Gasteiger partial charge in [0, 0.05) is 13.0 Å². The van der Waals surface area contributed by atoms with Gasteiger partial charge in [0.25, 0.3) is 0 Å². The maximum Gasteiger partial charge on any atom is 0.245 e. The van der Waals surface area contributed by atoms with Crippen LogP contribution in [0.5, 0.6) is 0 Å². The largest absolute Gasteiger partial charge is 0.394 e. The summed E-state index contributed by atoms with van der Waals surface area (Å²) in [4.78, 5) is 148. The Morgan fingerprint density at radius 2 is 1.12 bits per heavy atom. The molecule has 0 bridgehead atoms. The average molecular weight is 1070 g/mol. The first kappa shape index (κ1) is 66.9. The zero-order valence-corrected chi connectivity index (χ0v) is 43.2. The zero-order valence-electron chi connectivity index (χ0n) is 43.2. The first-order valence-corrected chi connectivity index (χ1v) is 25.2. The molecule has 428 valence electrons. The molecule has 0 aromatic carbocycles. The smallest absolute Gasteiger partial charge is 0.245 e. The van der Waals surface area contributed by atoms with Gasteiger partial charge >= 0.3 is 0 Å². The van der Waals surface area contributed by atoms with E-state index in [1.807, 2.05) is 6.92 Å². The molecule has 1 fully saturated rings. The second kappa shape index (κ2) is 35.9. The number of carbonyl (C=O) groups excluding carboxylic acids is 11. The third kappa shape index (κ3) is 24.4. The Morgan fingerprint density at radius 3 is 1.65 bits per heavy atom. The Morgan fingerprint density at radius 1 is 0.587 bits per heavy atom. The molecule has 0 radical (unpaired) electrons. The van der Waals surface area contributed by atoms with E-state index in [1.165, 1.54) is 0 Å². The summed E-state index contributed by atoms with van der Waals surface area (Å²) in [6.07, 6.45) is -1.59. The van der Waals surface area contributed by atoms with E-state index in [0.29, 0.717) is 6.42 Å². The fourth-order valence-electron chi connectivity index (χ4n) is 7.39. The van der Waals surface area contributed by atoms with Gasteiger partial charge in [-0.15, -0.1) is 0 Å². The summed E-state index contributed by atoms with van der Waals surface area (Å²) in [5.41, 5.74) is 22.8. The lowest BCUT2D eigenvalue weighted by molar-refractivity contribution is -0.137. The van der Waals surface area contributed by atoms with Crippen LogP contribution in [0.15, 0.2) is 0 Å². The molecule has 0 aromatic heterocycles. The van der Waals surface area contributed by atoms with Gasteiger partial charge in [-0.3, -0.25) is 52.7 Å². The number of aliphatic hydroxyl groups excluding tert-OH is 4. The molecule has 1 aliphatic rings. The first-order valence-electron chi connectivity index (χ1n) is 25.2.